The van der Waals surface area contributed by atoms with Crippen LogP contribution in [0.2, 0.25) is 0 Å². The molecule has 1 saturated carbocycles. The summed E-state index contributed by atoms with van der Waals surface area (Å²) in [5.74, 6) is 0.758. The van der Waals surface area contributed by atoms with E-state index < -0.39 is 11.0 Å². The zero-order valence-electron chi connectivity index (χ0n) is 10.7. The van der Waals surface area contributed by atoms with Crippen LogP contribution in [-0.2, 0) is 11.0 Å². The highest BCUT2D eigenvalue weighted by atomic mass is 32.2. The summed E-state index contributed by atoms with van der Waals surface area (Å²) in [6, 6.07) is 0. The van der Waals surface area contributed by atoms with Crippen LogP contribution in [0.4, 0.5) is 0 Å². The van der Waals surface area contributed by atoms with Crippen molar-refractivity contribution < 1.29 is 4.21 Å². The van der Waals surface area contributed by atoms with Crippen molar-refractivity contribution in [3.63, 3.8) is 0 Å². The molecule has 0 aromatic rings. The third-order valence-electron chi connectivity index (χ3n) is 3.12. The second kappa shape index (κ2) is 4.54. The van der Waals surface area contributed by atoms with Gasteiger partial charge in [0.25, 0.3) is 0 Å². The quantitative estimate of drug-likeness (QED) is 0.777. The van der Waals surface area contributed by atoms with Gasteiger partial charge in [-0.15, -0.1) is 0 Å². The second-order valence-corrected chi connectivity index (χ2v) is 8.21. The molecule has 1 N–H and O–H groups in total. The van der Waals surface area contributed by atoms with Crippen LogP contribution >= 0.6 is 0 Å². The zero-order valence-corrected chi connectivity index (χ0v) is 11.5. The summed E-state index contributed by atoms with van der Waals surface area (Å²) in [7, 11) is -0.939. The standard InChI is InChI=1S/C12H25NOS/c1-10-7-6-8-12(5,9-10)13-15(14)11(2,3)4/h10,13H,6-9H2,1-5H3/t10-,12-,15?/m1/s1. The average Bonchev–Trinajstić information content (AvgIpc) is 2.00. The van der Waals surface area contributed by atoms with Crippen molar-refractivity contribution in [2.24, 2.45) is 5.92 Å². The maximum Gasteiger partial charge on any atom is 0.0975 e. The van der Waals surface area contributed by atoms with Gasteiger partial charge in [-0.3, -0.25) is 0 Å². The zero-order chi connectivity index (χ0) is 11.7. The van der Waals surface area contributed by atoms with Crippen molar-refractivity contribution >= 4 is 11.0 Å². The molecule has 15 heavy (non-hydrogen) atoms. The lowest BCUT2D eigenvalue weighted by atomic mass is 9.78. The highest BCUT2D eigenvalue weighted by Crippen LogP contribution is 2.32. The van der Waals surface area contributed by atoms with Gasteiger partial charge in [0.1, 0.15) is 0 Å². The predicted molar refractivity (Wildman–Crippen MR) is 67.1 cm³/mol. The Morgan fingerprint density at radius 2 is 2.00 bits per heavy atom. The lowest BCUT2D eigenvalue weighted by molar-refractivity contribution is 0.237. The van der Waals surface area contributed by atoms with E-state index in [1.54, 1.807) is 0 Å². The summed E-state index contributed by atoms with van der Waals surface area (Å²) in [5, 5.41) is 0. The van der Waals surface area contributed by atoms with Crippen LogP contribution in [0.25, 0.3) is 0 Å². The molecule has 0 aromatic carbocycles. The Labute approximate surface area is 96.8 Å². The summed E-state index contributed by atoms with van der Waals surface area (Å²) in [6.07, 6.45) is 4.87. The molecule has 1 fully saturated rings. The normalized spacial score (nSPS) is 35.1. The smallest absolute Gasteiger partial charge is 0.0975 e. The van der Waals surface area contributed by atoms with E-state index in [9.17, 15) is 4.21 Å². The fourth-order valence-electron chi connectivity index (χ4n) is 2.28. The van der Waals surface area contributed by atoms with Gasteiger partial charge < -0.3 is 0 Å². The predicted octanol–water partition coefficient (Wildman–Crippen LogP) is 3.01. The highest BCUT2D eigenvalue weighted by Gasteiger charge is 2.34. The molecule has 3 heteroatoms. The molecule has 2 nitrogen and oxygen atoms in total. The molecule has 1 rings (SSSR count). The molecule has 0 spiro atoms. The fraction of sp³-hybridized carbons (Fsp3) is 1.00. The molecule has 0 saturated heterocycles. The van der Waals surface area contributed by atoms with E-state index in [4.69, 9.17) is 0 Å². The summed E-state index contributed by atoms with van der Waals surface area (Å²) in [6.45, 7) is 10.6. The first kappa shape index (κ1) is 13.2. The molecule has 0 heterocycles. The molecular weight excluding hydrogens is 206 g/mol. The minimum absolute atomic E-state index is 0.0792. The Hall–Kier alpha value is 0.110. The monoisotopic (exact) mass is 231 g/mol. The first-order valence-corrected chi connectivity index (χ1v) is 7.08. The molecule has 1 aliphatic carbocycles. The van der Waals surface area contributed by atoms with Gasteiger partial charge in [-0.05, 0) is 46.5 Å². The number of hydrogen-bond donors (Lipinski definition) is 1. The molecule has 1 aliphatic rings. The first-order valence-electron chi connectivity index (χ1n) is 5.93. The van der Waals surface area contributed by atoms with Crippen molar-refractivity contribution in [2.45, 2.75) is 70.6 Å². The third kappa shape index (κ3) is 3.87. The van der Waals surface area contributed by atoms with Gasteiger partial charge in [0.05, 0.1) is 15.7 Å². The van der Waals surface area contributed by atoms with E-state index in [1.807, 2.05) is 20.8 Å². The highest BCUT2D eigenvalue weighted by molar-refractivity contribution is 7.84. The minimum Gasteiger partial charge on any atom is -0.242 e. The molecule has 0 aliphatic heterocycles. The van der Waals surface area contributed by atoms with Crippen LogP contribution in [0.1, 0.15) is 60.3 Å². The van der Waals surface area contributed by atoms with Crippen LogP contribution in [0.3, 0.4) is 0 Å². The van der Waals surface area contributed by atoms with Gasteiger partial charge in [0, 0.05) is 5.54 Å². The van der Waals surface area contributed by atoms with E-state index in [0.29, 0.717) is 0 Å². The first-order chi connectivity index (χ1) is 6.73. The van der Waals surface area contributed by atoms with E-state index in [2.05, 4.69) is 18.6 Å². The van der Waals surface area contributed by atoms with Gasteiger partial charge in [-0.2, -0.15) is 0 Å². The summed E-state index contributed by atoms with van der Waals surface area (Å²) >= 11 is 0. The molecule has 0 aromatic heterocycles. The topological polar surface area (TPSA) is 29.1 Å². The van der Waals surface area contributed by atoms with Crippen molar-refractivity contribution in [2.75, 3.05) is 0 Å². The van der Waals surface area contributed by atoms with E-state index in [0.717, 1.165) is 18.8 Å². The molecule has 3 atom stereocenters. The van der Waals surface area contributed by atoms with Gasteiger partial charge in [-0.25, -0.2) is 8.93 Å². The Bertz CT molecular complexity index is 246. The number of rotatable bonds is 2. The molecule has 0 radical (unpaired) electrons. The maximum absolute atomic E-state index is 12.0. The molecule has 1 unspecified atom stereocenters. The Morgan fingerprint density at radius 3 is 2.47 bits per heavy atom. The van der Waals surface area contributed by atoms with E-state index >= 15 is 0 Å². The number of hydrogen-bond acceptors (Lipinski definition) is 1. The number of nitrogens with one attached hydrogen (secondary N) is 1. The Kier molecular flexibility index (Phi) is 3.99. The minimum atomic E-state index is -0.939. The van der Waals surface area contributed by atoms with Crippen LogP contribution in [0.5, 0.6) is 0 Å². The Morgan fingerprint density at radius 1 is 1.40 bits per heavy atom. The average molecular weight is 231 g/mol. The SMILES string of the molecule is C[C@@H]1CCC[C@@](C)(NS(=O)C(C)(C)C)C1. The van der Waals surface area contributed by atoms with Crippen molar-refractivity contribution in [3.05, 3.63) is 0 Å². The largest absolute Gasteiger partial charge is 0.242 e. The lowest BCUT2D eigenvalue weighted by Crippen LogP contribution is -2.50. The van der Waals surface area contributed by atoms with Crippen LogP contribution < -0.4 is 4.72 Å². The summed E-state index contributed by atoms with van der Waals surface area (Å²) in [4.78, 5) is 0. The van der Waals surface area contributed by atoms with Crippen LogP contribution in [-0.4, -0.2) is 14.5 Å². The van der Waals surface area contributed by atoms with Crippen molar-refractivity contribution in [1.29, 1.82) is 0 Å². The maximum atomic E-state index is 12.0. The van der Waals surface area contributed by atoms with Gasteiger partial charge in [0.15, 0.2) is 0 Å². The Balaban J connectivity index is 2.60. The molecule has 0 amide bonds. The van der Waals surface area contributed by atoms with E-state index in [1.165, 1.54) is 12.8 Å². The van der Waals surface area contributed by atoms with Gasteiger partial charge in [0.2, 0.25) is 0 Å². The fourth-order valence-corrected chi connectivity index (χ4v) is 3.22. The van der Waals surface area contributed by atoms with Crippen LogP contribution in [0.15, 0.2) is 0 Å². The lowest BCUT2D eigenvalue weighted by Gasteiger charge is -2.39. The summed E-state index contributed by atoms with van der Waals surface area (Å²) in [5.41, 5.74) is 0.0792. The molecule has 0 bridgehead atoms. The summed E-state index contributed by atoms with van der Waals surface area (Å²) < 4.78 is 15.2. The van der Waals surface area contributed by atoms with Gasteiger partial charge in [-0.1, -0.05) is 19.8 Å². The second-order valence-electron chi connectivity index (χ2n) is 6.25. The van der Waals surface area contributed by atoms with E-state index in [-0.39, 0.29) is 10.3 Å². The van der Waals surface area contributed by atoms with Crippen molar-refractivity contribution in [1.82, 2.24) is 4.72 Å². The third-order valence-corrected chi connectivity index (χ3v) is 4.91. The molecular formula is C12H25NOS. The molecule has 90 valence electrons. The van der Waals surface area contributed by atoms with Crippen molar-refractivity contribution in [3.8, 4) is 0 Å². The van der Waals surface area contributed by atoms with Crippen LogP contribution in [0, 0.1) is 5.92 Å². The van der Waals surface area contributed by atoms with Gasteiger partial charge >= 0.3 is 0 Å².